The van der Waals surface area contributed by atoms with E-state index in [1.54, 1.807) is 16.4 Å². The summed E-state index contributed by atoms with van der Waals surface area (Å²) in [6.07, 6.45) is 1.90. The zero-order valence-corrected chi connectivity index (χ0v) is 14.5. The minimum atomic E-state index is -3.40. The van der Waals surface area contributed by atoms with Gasteiger partial charge < -0.3 is 0 Å². The van der Waals surface area contributed by atoms with Gasteiger partial charge in [0, 0.05) is 19.0 Å². The van der Waals surface area contributed by atoms with Crippen molar-refractivity contribution in [3.63, 3.8) is 0 Å². The molecule has 5 heteroatoms. The van der Waals surface area contributed by atoms with Gasteiger partial charge in [0.15, 0.2) is 0 Å². The van der Waals surface area contributed by atoms with Crippen molar-refractivity contribution in [3.8, 4) is 0 Å². The van der Waals surface area contributed by atoms with Gasteiger partial charge in [-0.15, -0.1) is 11.6 Å². The lowest BCUT2D eigenvalue weighted by Crippen LogP contribution is -2.39. The summed E-state index contributed by atoms with van der Waals surface area (Å²) in [5.74, 6) is 1.59. The molecular weight excluding hydrogens is 306 g/mol. The summed E-state index contributed by atoms with van der Waals surface area (Å²) in [5, 5.41) is 0. The summed E-state index contributed by atoms with van der Waals surface area (Å²) in [5.41, 5.74) is 1.66. The van der Waals surface area contributed by atoms with Crippen LogP contribution < -0.4 is 0 Å². The first-order valence-corrected chi connectivity index (χ1v) is 9.50. The highest BCUT2D eigenvalue weighted by molar-refractivity contribution is 7.89. The van der Waals surface area contributed by atoms with Crippen LogP contribution in [0.4, 0.5) is 0 Å². The standard InChI is InChI=1S/C16H24ClNO2S/c1-12(2)14-7-9-18(10-8-14)21(19,20)16-6-4-5-15(11-17)13(16)3/h4-6,12,14H,7-11H2,1-3H3. The molecule has 0 amide bonds. The smallest absolute Gasteiger partial charge is 0.207 e. The Morgan fingerprint density at radius 2 is 1.90 bits per heavy atom. The first-order valence-electron chi connectivity index (χ1n) is 7.52. The highest BCUT2D eigenvalue weighted by atomic mass is 35.5. The Kier molecular flexibility index (Phi) is 5.33. The number of hydrogen-bond acceptors (Lipinski definition) is 2. The second kappa shape index (κ2) is 6.67. The van der Waals surface area contributed by atoms with Crippen molar-refractivity contribution in [1.82, 2.24) is 4.31 Å². The Morgan fingerprint density at radius 3 is 2.43 bits per heavy atom. The highest BCUT2D eigenvalue weighted by Gasteiger charge is 2.31. The van der Waals surface area contributed by atoms with Gasteiger partial charge in [0.1, 0.15) is 0 Å². The molecule has 3 nitrogen and oxygen atoms in total. The molecule has 1 heterocycles. The molecule has 1 aromatic rings. The number of hydrogen-bond donors (Lipinski definition) is 0. The molecule has 0 aliphatic carbocycles. The van der Waals surface area contributed by atoms with Gasteiger partial charge in [-0.2, -0.15) is 4.31 Å². The van der Waals surface area contributed by atoms with E-state index in [-0.39, 0.29) is 0 Å². The van der Waals surface area contributed by atoms with E-state index in [0.717, 1.165) is 24.0 Å². The zero-order chi connectivity index (χ0) is 15.6. The SMILES string of the molecule is Cc1c(CCl)cccc1S(=O)(=O)N1CCC(C(C)C)CC1. The molecule has 1 aliphatic rings. The maximum absolute atomic E-state index is 12.8. The van der Waals surface area contributed by atoms with Crippen LogP contribution in [-0.4, -0.2) is 25.8 Å². The average molecular weight is 330 g/mol. The van der Waals surface area contributed by atoms with Crippen molar-refractivity contribution in [3.05, 3.63) is 29.3 Å². The fourth-order valence-electron chi connectivity index (χ4n) is 3.01. The van der Waals surface area contributed by atoms with Gasteiger partial charge in [-0.3, -0.25) is 0 Å². The van der Waals surface area contributed by atoms with Crippen LogP contribution in [0.25, 0.3) is 0 Å². The highest BCUT2D eigenvalue weighted by Crippen LogP contribution is 2.30. The minimum absolute atomic E-state index is 0.338. The zero-order valence-electron chi connectivity index (χ0n) is 13.0. The van der Waals surface area contributed by atoms with E-state index in [2.05, 4.69) is 13.8 Å². The summed E-state index contributed by atoms with van der Waals surface area (Å²) in [6, 6.07) is 5.35. The number of halogens is 1. The Bertz CT molecular complexity index is 590. The van der Waals surface area contributed by atoms with Crippen LogP contribution in [-0.2, 0) is 15.9 Å². The fraction of sp³-hybridized carbons (Fsp3) is 0.625. The number of sulfonamides is 1. The molecule has 1 aliphatic heterocycles. The minimum Gasteiger partial charge on any atom is -0.207 e. The van der Waals surface area contributed by atoms with Crippen molar-refractivity contribution < 1.29 is 8.42 Å². The predicted octanol–water partition coefficient (Wildman–Crippen LogP) is 3.79. The second-order valence-electron chi connectivity index (χ2n) is 6.16. The first kappa shape index (κ1) is 16.8. The van der Waals surface area contributed by atoms with Crippen molar-refractivity contribution in [2.75, 3.05) is 13.1 Å². The van der Waals surface area contributed by atoms with Crippen LogP contribution in [0.1, 0.15) is 37.8 Å². The number of alkyl halides is 1. The van der Waals surface area contributed by atoms with Crippen LogP contribution in [0.3, 0.4) is 0 Å². The summed E-state index contributed by atoms with van der Waals surface area (Å²) in [6.45, 7) is 7.50. The van der Waals surface area contributed by atoms with E-state index >= 15 is 0 Å². The fourth-order valence-corrected chi connectivity index (χ4v) is 5.03. The Hall–Kier alpha value is -0.580. The molecule has 118 valence electrons. The van der Waals surface area contributed by atoms with Crippen LogP contribution >= 0.6 is 11.6 Å². The van der Waals surface area contributed by atoms with Gasteiger partial charge in [-0.1, -0.05) is 26.0 Å². The van der Waals surface area contributed by atoms with E-state index in [1.165, 1.54) is 0 Å². The first-order chi connectivity index (χ1) is 9.87. The van der Waals surface area contributed by atoms with Gasteiger partial charge in [-0.25, -0.2) is 8.42 Å². The van der Waals surface area contributed by atoms with Gasteiger partial charge in [0.05, 0.1) is 4.90 Å². The van der Waals surface area contributed by atoms with Gasteiger partial charge in [0.2, 0.25) is 10.0 Å². The van der Waals surface area contributed by atoms with Crippen LogP contribution in [0, 0.1) is 18.8 Å². The molecule has 0 bridgehead atoms. The second-order valence-corrected chi connectivity index (χ2v) is 8.33. The molecule has 21 heavy (non-hydrogen) atoms. The molecule has 1 aromatic carbocycles. The maximum atomic E-state index is 12.8. The Morgan fingerprint density at radius 1 is 1.29 bits per heavy atom. The molecule has 0 radical (unpaired) electrons. The average Bonchev–Trinajstić information content (AvgIpc) is 2.47. The Balaban J connectivity index is 2.24. The molecule has 0 atom stereocenters. The molecule has 1 fully saturated rings. The van der Waals surface area contributed by atoms with Gasteiger partial charge in [-0.05, 0) is 48.8 Å². The topological polar surface area (TPSA) is 37.4 Å². The van der Waals surface area contributed by atoms with Crippen molar-refractivity contribution >= 4 is 21.6 Å². The third kappa shape index (κ3) is 3.43. The lowest BCUT2D eigenvalue weighted by molar-refractivity contribution is 0.226. The molecule has 0 N–H and O–H groups in total. The van der Waals surface area contributed by atoms with Crippen molar-refractivity contribution in [2.45, 2.75) is 44.4 Å². The normalized spacial score (nSPS) is 18.3. The van der Waals surface area contributed by atoms with E-state index < -0.39 is 10.0 Å². The summed E-state index contributed by atoms with van der Waals surface area (Å²) in [4.78, 5) is 0.406. The van der Waals surface area contributed by atoms with Crippen LogP contribution in [0.5, 0.6) is 0 Å². The van der Waals surface area contributed by atoms with Crippen molar-refractivity contribution in [2.24, 2.45) is 11.8 Å². The third-order valence-electron chi connectivity index (χ3n) is 4.60. The van der Waals surface area contributed by atoms with Gasteiger partial charge >= 0.3 is 0 Å². The molecule has 1 saturated heterocycles. The van der Waals surface area contributed by atoms with E-state index in [4.69, 9.17) is 11.6 Å². The van der Waals surface area contributed by atoms with Crippen LogP contribution in [0.15, 0.2) is 23.1 Å². The molecule has 2 rings (SSSR count). The monoisotopic (exact) mass is 329 g/mol. The van der Waals surface area contributed by atoms with E-state index in [1.807, 2.05) is 13.0 Å². The molecule has 0 spiro atoms. The molecule has 0 unspecified atom stereocenters. The van der Waals surface area contributed by atoms with Crippen molar-refractivity contribution in [1.29, 1.82) is 0 Å². The third-order valence-corrected chi connectivity index (χ3v) is 6.93. The summed E-state index contributed by atoms with van der Waals surface area (Å²) < 4.78 is 27.3. The molecular formula is C16H24ClNO2S. The quantitative estimate of drug-likeness (QED) is 0.788. The molecule has 0 saturated carbocycles. The summed E-state index contributed by atoms with van der Waals surface area (Å²) in [7, 11) is -3.40. The van der Waals surface area contributed by atoms with E-state index in [9.17, 15) is 8.42 Å². The lowest BCUT2D eigenvalue weighted by Gasteiger charge is -2.33. The lowest BCUT2D eigenvalue weighted by atomic mass is 9.87. The number of benzene rings is 1. The number of nitrogens with zero attached hydrogens (tertiary/aromatic N) is 1. The maximum Gasteiger partial charge on any atom is 0.243 e. The van der Waals surface area contributed by atoms with Gasteiger partial charge in [0.25, 0.3) is 0 Å². The Labute approximate surface area is 133 Å². The predicted molar refractivity (Wildman–Crippen MR) is 87.1 cm³/mol. The molecule has 0 aromatic heterocycles. The van der Waals surface area contributed by atoms with Crippen LogP contribution in [0.2, 0.25) is 0 Å². The number of piperidine rings is 1. The number of rotatable bonds is 4. The summed E-state index contributed by atoms with van der Waals surface area (Å²) >= 11 is 5.89. The van der Waals surface area contributed by atoms with E-state index in [0.29, 0.717) is 35.7 Å². The largest absolute Gasteiger partial charge is 0.243 e.